The molecule has 0 rings (SSSR count). The smallest absolute Gasteiger partial charge is 0.0966 e. The molecule has 2 nitrogen and oxygen atoms in total. The first kappa shape index (κ1) is 11.9. The van der Waals surface area contributed by atoms with Crippen LogP contribution in [0, 0.1) is 6.10 Å². The van der Waals surface area contributed by atoms with Crippen molar-refractivity contribution >= 4 is 0 Å². The summed E-state index contributed by atoms with van der Waals surface area (Å²) in [6, 6.07) is 0. The van der Waals surface area contributed by atoms with E-state index in [0.29, 0.717) is 6.10 Å². The van der Waals surface area contributed by atoms with Gasteiger partial charge in [-0.1, -0.05) is 0 Å². The van der Waals surface area contributed by atoms with Gasteiger partial charge in [-0.05, 0) is 34.6 Å². The van der Waals surface area contributed by atoms with E-state index in [9.17, 15) is 0 Å². The molecule has 0 bridgehead atoms. The Kier molecular flexibility index (Phi) is 6.39. The van der Waals surface area contributed by atoms with Crippen LogP contribution in [0.2, 0.25) is 0 Å². The van der Waals surface area contributed by atoms with Crippen molar-refractivity contribution in [1.82, 2.24) is 0 Å². The lowest BCUT2D eigenvalue weighted by Gasteiger charge is -2.15. The van der Waals surface area contributed by atoms with Crippen LogP contribution in [-0.2, 0) is 9.47 Å². The van der Waals surface area contributed by atoms with Crippen molar-refractivity contribution in [3.05, 3.63) is 6.10 Å². The largest absolute Gasteiger partial charge is 0.379 e. The van der Waals surface area contributed by atoms with Crippen LogP contribution in [0.4, 0.5) is 0 Å². The molecule has 0 aliphatic heterocycles. The Morgan fingerprint density at radius 3 is 2.08 bits per heavy atom. The number of hydrogen-bond acceptors (Lipinski definition) is 2. The van der Waals surface area contributed by atoms with Crippen molar-refractivity contribution < 1.29 is 9.47 Å². The van der Waals surface area contributed by atoms with E-state index >= 15 is 0 Å². The highest BCUT2D eigenvalue weighted by atomic mass is 16.5. The lowest BCUT2D eigenvalue weighted by molar-refractivity contribution is 0.0399. The van der Waals surface area contributed by atoms with E-state index in [0.717, 1.165) is 19.1 Å². The Balaban J connectivity index is 3.25. The molecule has 73 valence electrons. The van der Waals surface area contributed by atoms with Crippen LogP contribution >= 0.6 is 0 Å². The summed E-state index contributed by atoms with van der Waals surface area (Å²) in [6.07, 6.45) is 2.56. The van der Waals surface area contributed by atoms with Gasteiger partial charge in [-0.15, -0.1) is 0 Å². The second-order valence-electron chi connectivity index (χ2n) is 3.54. The Morgan fingerprint density at radius 1 is 1.08 bits per heavy atom. The minimum Gasteiger partial charge on any atom is -0.379 e. The average Bonchev–Trinajstić information content (AvgIpc) is 1.84. The van der Waals surface area contributed by atoms with Crippen molar-refractivity contribution in [1.29, 1.82) is 0 Å². The second-order valence-corrected chi connectivity index (χ2v) is 3.54. The molecule has 0 saturated heterocycles. The van der Waals surface area contributed by atoms with Crippen LogP contribution in [-0.4, -0.2) is 18.8 Å². The van der Waals surface area contributed by atoms with Gasteiger partial charge in [0.15, 0.2) is 0 Å². The Morgan fingerprint density at radius 2 is 1.67 bits per heavy atom. The molecular weight excluding hydrogens is 152 g/mol. The van der Waals surface area contributed by atoms with Crippen LogP contribution < -0.4 is 0 Å². The van der Waals surface area contributed by atoms with Crippen LogP contribution in [0.5, 0.6) is 0 Å². The maximum Gasteiger partial charge on any atom is 0.0966 e. The van der Waals surface area contributed by atoms with Crippen molar-refractivity contribution in [2.24, 2.45) is 0 Å². The molecule has 0 amide bonds. The Labute approximate surface area is 76.3 Å². The van der Waals surface area contributed by atoms with E-state index in [1.54, 1.807) is 0 Å². The van der Waals surface area contributed by atoms with Gasteiger partial charge in [-0.25, -0.2) is 0 Å². The fourth-order valence-corrected chi connectivity index (χ4v) is 0.900. The molecule has 1 radical (unpaired) electrons. The van der Waals surface area contributed by atoms with E-state index < -0.39 is 0 Å². The zero-order valence-electron chi connectivity index (χ0n) is 8.89. The topological polar surface area (TPSA) is 18.5 Å². The SMILES string of the molecule is C[C](CCOC(C)C)OC(C)C. The van der Waals surface area contributed by atoms with E-state index in [4.69, 9.17) is 9.47 Å². The normalized spacial score (nSPS) is 12.0. The Bertz CT molecular complexity index is 100. The third-order valence-corrected chi connectivity index (χ3v) is 1.34. The first-order chi connectivity index (χ1) is 5.52. The number of rotatable bonds is 6. The maximum atomic E-state index is 5.47. The molecule has 0 fully saturated rings. The highest BCUT2D eigenvalue weighted by Crippen LogP contribution is 2.10. The van der Waals surface area contributed by atoms with Gasteiger partial charge >= 0.3 is 0 Å². The third-order valence-electron chi connectivity index (χ3n) is 1.34. The Hall–Kier alpha value is -0.0800. The molecule has 0 aromatic heterocycles. The highest BCUT2D eigenvalue weighted by molar-refractivity contribution is 4.71. The van der Waals surface area contributed by atoms with E-state index in [1.165, 1.54) is 0 Å². The van der Waals surface area contributed by atoms with Crippen molar-refractivity contribution in [3.63, 3.8) is 0 Å². The van der Waals surface area contributed by atoms with E-state index in [1.807, 2.05) is 34.6 Å². The lowest BCUT2D eigenvalue weighted by Crippen LogP contribution is -2.11. The van der Waals surface area contributed by atoms with Crippen LogP contribution in [0.3, 0.4) is 0 Å². The van der Waals surface area contributed by atoms with Gasteiger partial charge in [0, 0.05) is 13.0 Å². The molecule has 2 heteroatoms. The molecule has 0 spiro atoms. The number of hydrogen-bond donors (Lipinski definition) is 0. The fourth-order valence-electron chi connectivity index (χ4n) is 0.900. The van der Waals surface area contributed by atoms with Gasteiger partial charge < -0.3 is 9.47 Å². The summed E-state index contributed by atoms with van der Waals surface area (Å²) in [6.45, 7) is 10.9. The maximum absolute atomic E-state index is 5.47. The zero-order valence-corrected chi connectivity index (χ0v) is 8.89. The predicted octanol–water partition coefficient (Wildman–Crippen LogP) is 2.78. The minimum atomic E-state index is 0.282. The molecule has 0 saturated carbocycles. The first-order valence-electron chi connectivity index (χ1n) is 4.63. The first-order valence-corrected chi connectivity index (χ1v) is 4.63. The van der Waals surface area contributed by atoms with Crippen molar-refractivity contribution in [3.8, 4) is 0 Å². The minimum absolute atomic E-state index is 0.282. The summed E-state index contributed by atoms with van der Waals surface area (Å²) in [7, 11) is 0. The summed E-state index contributed by atoms with van der Waals surface area (Å²) >= 11 is 0. The summed E-state index contributed by atoms with van der Waals surface area (Å²) < 4.78 is 10.9. The molecule has 0 aliphatic rings. The van der Waals surface area contributed by atoms with Gasteiger partial charge in [-0.2, -0.15) is 0 Å². The van der Waals surface area contributed by atoms with Crippen LogP contribution in [0.1, 0.15) is 41.0 Å². The summed E-state index contributed by atoms with van der Waals surface area (Å²) in [5.41, 5.74) is 0. The van der Waals surface area contributed by atoms with Crippen LogP contribution in [0.15, 0.2) is 0 Å². The predicted molar refractivity (Wildman–Crippen MR) is 50.8 cm³/mol. The second kappa shape index (κ2) is 6.44. The molecule has 0 heterocycles. The number of ether oxygens (including phenoxy) is 2. The molecule has 0 atom stereocenters. The monoisotopic (exact) mass is 173 g/mol. The highest BCUT2D eigenvalue weighted by Gasteiger charge is 2.05. The summed E-state index contributed by atoms with van der Waals surface area (Å²) in [5, 5.41) is 0. The molecule has 0 aromatic carbocycles. The zero-order chi connectivity index (χ0) is 9.56. The average molecular weight is 173 g/mol. The summed E-state index contributed by atoms with van der Waals surface area (Å²) in [4.78, 5) is 0. The fraction of sp³-hybridized carbons (Fsp3) is 0.900. The van der Waals surface area contributed by atoms with Crippen molar-refractivity contribution in [2.45, 2.75) is 53.2 Å². The molecule has 0 aromatic rings. The molecule has 12 heavy (non-hydrogen) atoms. The lowest BCUT2D eigenvalue weighted by atomic mass is 10.3. The van der Waals surface area contributed by atoms with Crippen LogP contribution in [0.25, 0.3) is 0 Å². The van der Waals surface area contributed by atoms with Gasteiger partial charge in [-0.3, -0.25) is 0 Å². The summed E-state index contributed by atoms with van der Waals surface area (Å²) in [5.74, 6) is 0. The van der Waals surface area contributed by atoms with E-state index in [2.05, 4.69) is 0 Å². The molecule has 0 unspecified atom stereocenters. The quantitative estimate of drug-likeness (QED) is 0.615. The van der Waals surface area contributed by atoms with Gasteiger partial charge in [0.25, 0.3) is 0 Å². The van der Waals surface area contributed by atoms with Crippen molar-refractivity contribution in [2.75, 3.05) is 6.61 Å². The van der Waals surface area contributed by atoms with Gasteiger partial charge in [0.05, 0.1) is 18.3 Å². The van der Waals surface area contributed by atoms with Gasteiger partial charge in [0.1, 0.15) is 0 Å². The molecular formula is C10H21O2. The standard InChI is InChI=1S/C10H21O2/c1-8(2)11-7-6-10(5)12-9(3)4/h8-9H,6-7H2,1-5H3. The van der Waals surface area contributed by atoms with E-state index in [-0.39, 0.29) is 6.10 Å². The third kappa shape index (κ3) is 8.02. The molecule has 0 aliphatic carbocycles. The molecule has 0 N–H and O–H groups in total. The van der Waals surface area contributed by atoms with Gasteiger partial charge in [0.2, 0.25) is 0 Å².